The van der Waals surface area contributed by atoms with Gasteiger partial charge in [0.05, 0.1) is 29.1 Å². The predicted molar refractivity (Wildman–Crippen MR) is 67.4 cm³/mol. The molecule has 0 fully saturated rings. The van der Waals surface area contributed by atoms with Gasteiger partial charge in [-0.3, -0.25) is 4.79 Å². The summed E-state index contributed by atoms with van der Waals surface area (Å²) in [4.78, 5) is 19.8. The summed E-state index contributed by atoms with van der Waals surface area (Å²) < 4.78 is 1.52. The van der Waals surface area contributed by atoms with E-state index in [4.69, 9.17) is 5.26 Å². The van der Waals surface area contributed by atoms with Crippen molar-refractivity contribution < 1.29 is 0 Å². The molecule has 3 aromatic rings. The number of aromatic amines is 1. The number of benzene rings is 1. The summed E-state index contributed by atoms with van der Waals surface area (Å²) in [5.74, 6) is 0.514. The number of para-hydroxylation sites is 2. The molecular formula is C13H10N4O. The van der Waals surface area contributed by atoms with E-state index in [1.807, 2.05) is 30.3 Å². The molecule has 18 heavy (non-hydrogen) atoms. The van der Waals surface area contributed by atoms with Gasteiger partial charge in [-0.05, 0) is 19.1 Å². The lowest BCUT2D eigenvalue weighted by Crippen LogP contribution is -2.20. The SMILES string of the molecule is Cc1[nH]c2nc3ccccc3n2c(=O)c1CC#N. The van der Waals surface area contributed by atoms with E-state index in [1.54, 1.807) is 6.92 Å². The number of aromatic nitrogens is 3. The fourth-order valence-corrected chi connectivity index (χ4v) is 2.14. The van der Waals surface area contributed by atoms with Crippen LogP contribution in [0.1, 0.15) is 11.3 Å². The zero-order valence-electron chi connectivity index (χ0n) is 9.77. The Balaban J connectivity index is 2.53. The van der Waals surface area contributed by atoms with Crippen LogP contribution >= 0.6 is 0 Å². The highest BCUT2D eigenvalue weighted by Crippen LogP contribution is 2.14. The molecular weight excluding hydrogens is 228 g/mol. The Morgan fingerprint density at radius 2 is 2.22 bits per heavy atom. The maximum absolute atomic E-state index is 12.4. The number of fused-ring (bicyclic) bond motifs is 3. The Morgan fingerprint density at radius 1 is 1.44 bits per heavy atom. The van der Waals surface area contributed by atoms with E-state index in [2.05, 4.69) is 9.97 Å². The number of nitrogens with one attached hydrogen (secondary N) is 1. The summed E-state index contributed by atoms with van der Waals surface area (Å²) in [6.07, 6.45) is 0.101. The van der Waals surface area contributed by atoms with Gasteiger partial charge in [0, 0.05) is 5.69 Å². The van der Waals surface area contributed by atoms with Crippen molar-refractivity contribution in [1.29, 1.82) is 5.26 Å². The molecule has 0 aliphatic rings. The third-order valence-electron chi connectivity index (χ3n) is 3.03. The molecule has 1 N–H and O–H groups in total. The van der Waals surface area contributed by atoms with Crippen LogP contribution in [-0.2, 0) is 6.42 Å². The molecule has 2 heterocycles. The average Bonchev–Trinajstić information content (AvgIpc) is 2.72. The van der Waals surface area contributed by atoms with Crippen LogP contribution in [0.25, 0.3) is 16.8 Å². The summed E-state index contributed by atoms with van der Waals surface area (Å²) in [6, 6.07) is 9.45. The highest BCUT2D eigenvalue weighted by molar-refractivity contribution is 5.79. The highest BCUT2D eigenvalue weighted by Gasteiger charge is 2.12. The number of hydrogen-bond acceptors (Lipinski definition) is 3. The number of aryl methyl sites for hydroxylation is 1. The molecule has 0 radical (unpaired) electrons. The van der Waals surface area contributed by atoms with Gasteiger partial charge in [0.15, 0.2) is 0 Å². The largest absolute Gasteiger partial charge is 0.329 e. The van der Waals surface area contributed by atoms with Crippen LogP contribution in [-0.4, -0.2) is 14.4 Å². The second-order valence-corrected chi connectivity index (χ2v) is 4.13. The normalized spacial score (nSPS) is 10.9. The van der Waals surface area contributed by atoms with E-state index < -0.39 is 0 Å². The lowest BCUT2D eigenvalue weighted by molar-refractivity contribution is 0.982. The number of H-pyrrole nitrogens is 1. The number of nitriles is 1. The van der Waals surface area contributed by atoms with Crippen molar-refractivity contribution in [2.45, 2.75) is 13.3 Å². The molecule has 2 aromatic heterocycles. The number of imidazole rings is 1. The van der Waals surface area contributed by atoms with Crippen LogP contribution in [0.5, 0.6) is 0 Å². The van der Waals surface area contributed by atoms with Crippen LogP contribution in [0.4, 0.5) is 0 Å². The molecule has 0 aliphatic carbocycles. The maximum Gasteiger partial charge on any atom is 0.263 e. The molecule has 0 bridgehead atoms. The first kappa shape index (κ1) is 10.5. The Kier molecular flexibility index (Phi) is 2.17. The second kappa shape index (κ2) is 3.70. The van der Waals surface area contributed by atoms with Crippen LogP contribution in [0.15, 0.2) is 29.1 Å². The van der Waals surface area contributed by atoms with Crippen LogP contribution in [0.2, 0.25) is 0 Å². The minimum Gasteiger partial charge on any atom is -0.329 e. The predicted octanol–water partition coefficient (Wildman–Crippen LogP) is 1.55. The van der Waals surface area contributed by atoms with Gasteiger partial charge in [0.25, 0.3) is 5.56 Å². The molecule has 0 atom stereocenters. The van der Waals surface area contributed by atoms with Gasteiger partial charge in [-0.25, -0.2) is 9.38 Å². The van der Waals surface area contributed by atoms with Crippen LogP contribution in [0, 0.1) is 18.3 Å². The third-order valence-corrected chi connectivity index (χ3v) is 3.03. The van der Waals surface area contributed by atoms with Crippen molar-refractivity contribution in [3.8, 4) is 6.07 Å². The van der Waals surface area contributed by atoms with E-state index in [0.717, 1.165) is 11.0 Å². The van der Waals surface area contributed by atoms with Crippen molar-refractivity contribution in [3.05, 3.63) is 45.9 Å². The maximum atomic E-state index is 12.4. The molecule has 5 nitrogen and oxygen atoms in total. The molecule has 0 saturated heterocycles. The van der Waals surface area contributed by atoms with Gasteiger partial charge >= 0.3 is 0 Å². The van der Waals surface area contributed by atoms with Gasteiger partial charge in [-0.1, -0.05) is 12.1 Å². The molecule has 5 heteroatoms. The Labute approximate surface area is 102 Å². The lowest BCUT2D eigenvalue weighted by atomic mass is 10.2. The highest BCUT2D eigenvalue weighted by atomic mass is 16.1. The second-order valence-electron chi connectivity index (χ2n) is 4.13. The van der Waals surface area contributed by atoms with E-state index >= 15 is 0 Å². The minimum atomic E-state index is -0.170. The van der Waals surface area contributed by atoms with Gasteiger partial charge in [0.1, 0.15) is 0 Å². The smallest absolute Gasteiger partial charge is 0.263 e. The Hall–Kier alpha value is -2.61. The lowest BCUT2D eigenvalue weighted by Gasteiger charge is -2.02. The first-order chi connectivity index (χ1) is 8.72. The summed E-state index contributed by atoms with van der Waals surface area (Å²) >= 11 is 0. The molecule has 3 rings (SSSR count). The molecule has 0 amide bonds. The molecule has 0 aliphatic heterocycles. The first-order valence-corrected chi connectivity index (χ1v) is 5.58. The molecule has 88 valence electrons. The molecule has 0 spiro atoms. The van der Waals surface area contributed by atoms with Crippen molar-refractivity contribution >= 4 is 16.8 Å². The summed E-state index contributed by atoms with van der Waals surface area (Å²) in [7, 11) is 0. The van der Waals surface area contributed by atoms with E-state index in [1.165, 1.54) is 4.40 Å². The minimum absolute atomic E-state index is 0.101. The fourth-order valence-electron chi connectivity index (χ4n) is 2.14. The quantitative estimate of drug-likeness (QED) is 0.699. The van der Waals surface area contributed by atoms with Gasteiger partial charge in [0.2, 0.25) is 5.78 Å². The van der Waals surface area contributed by atoms with Gasteiger partial charge < -0.3 is 4.98 Å². The van der Waals surface area contributed by atoms with Crippen LogP contribution < -0.4 is 5.56 Å². The Morgan fingerprint density at radius 3 is 3.00 bits per heavy atom. The monoisotopic (exact) mass is 238 g/mol. The number of rotatable bonds is 1. The molecule has 1 aromatic carbocycles. The summed E-state index contributed by atoms with van der Waals surface area (Å²) in [5, 5.41) is 8.78. The summed E-state index contributed by atoms with van der Waals surface area (Å²) in [6.45, 7) is 1.79. The van der Waals surface area contributed by atoms with E-state index in [-0.39, 0.29) is 12.0 Å². The van der Waals surface area contributed by atoms with Gasteiger partial charge in [-0.15, -0.1) is 0 Å². The zero-order chi connectivity index (χ0) is 12.7. The zero-order valence-corrected chi connectivity index (χ0v) is 9.77. The first-order valence-electron chi connectivity index (χ1n) is 5.58. The Bertz CT molecular complexity index is 851. The summed E-state index contributed by atoms with van der Waals surface area (Å²) in [5.41, 5.74) is 2.54. The molecule has 0 saturated carbocycles. The van der Waals surface area contributed by atoms with Gasteiger partial charge in [-0.2, -0.15) is 5.26 Å². The topological polar surface area (TPSA) is 74.0 Å². The third kappa shape index (κ3) is 1.32. The van der Waals surface area contributed by atoms with Crippen molar-refractivity contribution in [2.24, 2.45) is 0 Å². The average molecular weight is 238 g/mol. The van der Waals surface area contributed by atoms with Crippen molar-refractivity contribution in [3.63, 3.8) is 0 Å². The molecule has 0 unspecified atom stereocenters. The fraction of sp³-hybridized carbons (Fsp3) is 0.154. The van der Waals surface area contributed by atoms with E-state index in [0.29, 0.717) is 17.0 Å². The number of nitrogens with zero attached hydrogens (tertiary/aromatic N) is 3. The standard InChI is InChI=1S/C13H10N4O/c1-8-9(6-7-14)12(18)17-11-5-3-2-4-10(11)16-13(17)15-8/h2-5H,6H2,1H3,(H,15,16). The van der Waals surface area contributed by atoms with E-state index in [9.17, 15) is 4.79 Å². The van der Waals surface area contributed by atoms with Crippen LogP contribution in [0.3, 0.4) is 0 Å². The number of hydrogen-bond donors (Lipinski definition) is 1. The van der Waals surface area contributed by atoms with Crippen molar-refractivity contribution in [2.75, 3.05) is 0 Å². The van der Waals surface area contributed by atoms with Crippen molar-refractivity contribution in [1.82, 2.24) is 14.4 Å².